The highest BCUT2D eigenvalue weighted by Crippen LogP contribution is 2.35. The smallest absolute Gasteiger partial charge is 0.347 e. The van der Waals surface area contributed by atoms with Gasteiger partial charge in [0.25, 0.3) is 0 Å². The van der Waals surface area contributed by atoms with Crippen LogP contribution in [0.3, 0.4) is 0 Å². The fourth-order valence-corrected chi connectivity index (χ4v) is 2.58. The topological polar surface area (TPSA) is 46.5 Å². The molecule has 3 nitrogen and oxygen atoms in total. The molecule has 1 atom stereocenters. The van der Waals surface area contributed by atoms with Crippen molar-refractivity contribution in [1.29, 1.82) is 0 Å². The largest absolute Gasteiger partial charge is 0.462 e. The van der Waals surface area contributed by atoms with Gasteiger partial charge in [-0.05, 0) is 30.2 Å². The molecule has 0 saturated carbocycles. The first-order valence-electron chi connectivity index (χ1n) is 6.98. The molecule has 2 rings (SSSR count). The Morgan fingerprint density at radius 1 is 1.33 bits per heavy atom. The van der Waals surface area contributed by atoms with E-state index in [4.69, 9.17) is 4.74 Å². The van der Waals surface area contributed by atoms with E-state index in [2.05, 4.69) is 0 Å². The van der Waals surface area contributed by atoms with Gasteiger partial charge in [-0.3, -0.25) is 0 Å². The number of thioether (sulfide) groups is 1. The fraction of sp³-hybridized carbons (Fsp3) is 0.353. The van der Waals surface area contributed by atoms with E-state index in [9.17, 15) is 9.90 Å². The third-order valence-electron chi connectivity index (χ3n) is 3.48. The lowest BCUT2D eigenvalue weighted by atomic mass is 9.82. The zero-order valence-corrected chi connectivity index (χ0v) is 12.9. The van der Waals surface area contributed by atoms with Crippen LogP contribution in [0.25, 0.3) is 0 Å². The second-order valence-corrected chi connectivity index (χ2v) is 5.83. The van der Waals surface area contributed by atoms with E-state index in [0.717, 1.165) is 12.2 Å². The molecule has 1 aliphatic rings. The molecule has 112 valence electrons. The molecule has 0 fully saturated rings. The number of aliphatic hydroxyl groups is 1. The number of hydrogen-bond acceptors (Lipinski definition) is 4. The average molecular weight is 304 g/mol. The molecule has 0 aliphatic heterocycles. The standard InChI is InChI=1S/C17H20O3S/c1-21-13-12-20-16(18)17(19,14-8-4-2-5-9-14)15-10-6-3-7-11-15/h2-6,8-9,11,19H,7,10,12-13H2,1H3/t17-/m0/s1. The van der Waals surface area contributed by atoms with E-state index in [1.807, 2.05) is 42.7 Å². The summed E-state index contributed by atoms with van der Waals surface area (Å²) in [5.74, 6) is 0.125. The Morgan fingerprint density at radius 2 is 2.10 bits per heavy atom. The Morgan fingerprint density at radius 3 is 2.71 bits per heavy atom. The van der Waals surface area contributed by atoms with Crippen molar-refractivity contribution in [1.82, 2.24) is 0 Å². The van der Waals surface area contributed by atoms with Crippen LogP contribution >= 0.6 is 11.8 Å². The van der Waals surface area contributed by atoms with Gasteiger partial charge in [0.2, 0.25) is 5.60 Å². The third-order valence-corrected chi connectivity index (χ3v) is 4.05. The summed E-state index contributed by atoms with van der Waals surface area (Å²) in [5.41, 5.74) is -0.448. The summed E-state index contributed by atoms with van der Waals surface area (Å²) in [5, 5.41) is 11.1. The Kier molecular flexibility index (Phi) is 5.65. The molecule has 0 saturated heterocycles. The summed E-state index contributed by atoms with van der Waals surface area (Å²) in [6.07, 6.45) is 9.13. The monoisotopic (exact) mass is 304 g/mol. The van der Waals surface area contributed by atoms with Gasteiger partial charge in [0.15, 0.2) is 0 Å². The minimum Gasteiger partial charge on any atom is -0.462 e. The first kappa shape index (κ1) is 15.9. The number of rotatable bonds is 6. The van der Waals surface area contributed by atoms with Crippen LogP contribution in [-0.4, -0.2) is 29.7 Å². The van der Waals surface area contributed by atoms with E-state index in [0.29, 0.717) is 24.2 Å². The zero-order chi connectivity index (χ0) is 15.1. The summed E-state index contributed by atoms with van der Waals surface area (Å²) < 4.78 is 5.28. The Labute approximate surface area is 129 Å². The van der Waals surface area contributed by atoms with Crippen LogP contribution in [0, 0.1) is 0 Å². The maximum Gasteiger partial charge on any atom is 0.347 e. The summed E-state index contributed by atoms with van der Waals surface area (Å²) >= 11 is 1.60. The lowest BCUT2D eigenvalue weighted by molar-refractivity contribution is -0.162. The minimum atomic E-state index is -1.69. The Hall–Kier alpha value is -1.52. The minimum absolute atomic E-state index is 0.304. The number of esters is 1. The molecule has 4 heteroatoms. The third kappa shape index (κ3) is 3.57. The lowest BCUT2D eigenvalue weighted by Crippen LogP contribution is -2.40. The predicted molar refractivity (Wildman–Crippen MR) is 86.1 cm³/mol. The van der Waals surface area contributed by atoms with Crippen LogP contribution in [0.4, 0.5) is 0 Å². The molecular formula is C17H20O3S. The van der Waals surface area contributed by atoms with Crippen LogP contribution in [0.15, 0.2) is 54.1 Å². The van der Waals surface area contributed by atoms with Crippen molar-refractivity contribution >= 4 is 17.7 Å². The van der Waals surface area contributed by atoms with E-state index in [1.165, 1.54) is 0 Å². The molecule has 1 aromatic rings. The molecule has 0 spiro atoms. The lowest BCUT2D eigenvalue weighted by Gasteiger charge is -2.30. The maximum atomic E-state index is 12.5. The maximum absolute atomic E-state index is 12.5. The van der Waals surface area contributed by atoms with Gasteiger partial charge in [-0.2, -0.15) is 11.8 Å². The first-order chi connectivity index (χ1) is 10.2. The van der Waals surface area contributed by atoms with Gasteiger partial charge in [0.1, 0.15) is 6.61 Å². The first-order valence-corrected chi connectivity index (χ1v) is 8.37. The second-order valence-electron chi connectivity index (χ2n) is 4.85. The van der Waals surface area contributed by atoms with Gasteiger partial charge in [0.05, 0.1) is 0 Å². The van der Waals surface area contributed by atoms with Crippen LogP contribution in [0.1, 0.15) is 18.4 Å². The highest BCUT2D eigenvalue weighted by Gasteiger charge is 2.42. The molecule has 1 aliphatic carbocycles. The second kappa shape index (κ2) is 7.48. The van der Waals surface area contributed by atoms with Gasteiger partial charge in [-0.1, -0.05) is 48.6 Å². The average Bonchev–Trinajstić information content (AvgIpc) is 2.56. The van der Waals surface area contributed by atoms with Crippen molar-refractivity contribution in [3.63, 3.8) is 0 Å². The molecule has 0 unspecified atom stereocenters. The summed E-state index contributed by atoms with van der Waals surface area (Å²) in [6.45, 7) is 0.304. The summed E-state index contributed by atoms with van der Waals surface area (Å²) in [7, 11) is 0. The highest BCUT2D eigenvalue weighted by atomic mass is 32.2. The van der Waals surface area contributed by atoms with Crippen molar-refractivity contribution < 1.29 is 14.6 Å². The van der Waals surface area contributed by atoms with Gasteiger partial charge < -0.3 is 9.84 Å². The fourth-order valence-electron chi connectivity index (χ4n) is 2.33. The SMILES string of the molecule is CSCCOC(=O)[C@@](O)(C1=CCC=CC1)c1ccccc1. The van der Waals surface area contributed by atoms with E-state index in [-0.39, 0.29) is 0 Å². The van der Waals surface area contributed by atoms with Crippen LogP contribution in [-0.2, 0) is 15.1 Å². The Balaban J connectivity index is 2.30. The van der Waals surface area contributed by atoms with Crippen molar-refractivity contribution in [3.05, 3.63) is 59.7 Å². The molecular weight excluding hydrogens is 284 g/mol. The Bertz CT molecular complexity index is 536. The summed E-state index contributed by atoms with van der Waals surface area (Å²) in [4.78, 5) is 12.5. The summed E-state index contributed by atoms with van der Waals surface area (Å²) in [6, 6.07) is 9.01. The molecule has 0 bridgehead atoms. The quantitative estimate of drug-likeness (QED) is 0.498. The van der Waals surface area contributed by atoms with Crippen LogP contribution < -0.4 is 0 Å². The number of allylic oxidation sites excluding steroid dienone is 3. The molecule has 0 heterocycles. The van der Waals surface area contributed by atoms with Gasteiger partial charge in [-0.15, -0.1) is 0 Å². The van der Waals surface area contributed by atoms with Crippen LogP contribution in [0.2, 0.25) is 0 Å². The zero-order valence-electron chi connectivity index (χ0n) is 12.1. The normalized spacial score (nSPS) is 17.0. The van der Waals surface area contributed by atoms with Crippen molar-refractivity contribution in [3.8, 4) is 0 Å². The molecule has 0 aromatic heterocycles. The number of carbonyl (C=O) groups excluding carboxylic acids is 1. The number of benzene rings is 1. The predicted octanol–water partition coefficient (Wildman–Crippen LogP) is 3.06. The molecule has 0 amide bonds. The van der Waals surface area contributed by atoms with Crippen LogP contribution in [0.5, 0.6) is 0 Å². The number of ether oxygens (including phenoxy) is 1. The number of hydrogen-bond donors (Lipinski definition) is 1. The molecule has 1 aromatic carbocycles. The molecule has 0 radical (unpaired) electrons. The molecule has 1 N–H and O–H groups in total. The van der Waals surface area contributed by atoms with Crippen molar-refractivity contribution in [2.75, 3.05) is 18.6 Å². The van der Waals surface area contributed by atoms with E-state index in [1.54, 1.807) is 23.9 Å². The van der Waals surface area contributed by atoms with E-state index >= 15 is 0 Å². The molecule has 21 heavy (non-hydrogen) atoms. The van der Waals surface area contributed by atoms with Crippen molar-refractivity contribution in [2.24, 2.45) is 0 Å². The van der Waals surface area contributed by atoms with Gasteiger partial charge in [-0.25, -0.2) is 4.79 Å². The van der Waals surface area contributed by atoms with Gasteiger partial charge >= 0.3 is 5.97 Å². The highest BCUT2D eigenvalue weighted by molar-refractivity contribution is 7.98. The van der Waals surface area contributed by atoms with E-state index < -0.39 is 11.6 Å². The van der Waals surface area contributed by atoms with Crippen molar-refractivity contribution in [2.45, 2.75) is 18.4 Å². The van der Waals surface area contributed by atoms with Gasteiger partial charge in [0, 0.05) is 5.75 Å². The number of carbonyl (C=O) groups is 1.